The molecule has 2 amide bonds. The van der Waals surface area contributed by atoms with E-state index in [1.54, 1.807) is 11.6 Å². The quantitative estimate of drug-likeness (QED) is 0.463. The molecule has 1 fully saturated rings. The van der Waals surface area contributed by atoms with Crippen LogP contribution in [-0.2, 0) is 31.2 Å². The maximum atomic E-state index is 12.2. The molecule has 0 spiro atoms. The third-order valence-electron chi connectivity index (χ3n) is 4.27. The van der Waals surface area contributed by atoms with E-state index in [1.807, 2.05) is 0 Å². The maximum absolute atomic E-state index is 12.2. The summed E-state index contributed by atoms with van der Waals surface area (Å²) in [6, 6.07) is 4.23. The number of benzene rings is 1. The van der Waals surface area contributed by atoms with Crippen molar-refractivity contribution in [3.05, 3.63) is 33.1 Å². The van der Waals surface area contributed by atoms with Gasteiger partial charge in [0, 0.05) is 32.3 Å². The Balaban J connectivity index is 1.76. The van der Waals surface area contributed by atoms with E-state index in [0.717, 1.165) is 11.3 Å². The van der Waals surface area contributed by atoms with E-state index in [2.05, 4.69) is 4.99 Å². The van der Waals surface area contributed by atoms with E-state index in [1.165, 1.54) is 23.1 Å². The lowest BCUT2D eigenvalue weighted by Gasteiger charge is -2.26. The third kappa shape index (κ3) is 5.05. The van der Waals surface area contributed by atoms with Gasteiger partial charge in [-0.15, -0.1) is 0 Å². The number of morpholine rings is 1. The molecular weight excluding hydrogens is 424 g/mol. The summed E-state index contributed by atoms with van der Waals surface area (Å²) in [5.41, 5.74) is 0.527. The Morgan fingerprint density at radius 3 is 2.62 bits per heavy atom. The molecule has 1 aromatic heterocycles. The number of aromatic nitrogens is 1. The summed E-state index contributed by atoms with van der Waals surface area (Å²) in [6.45, 7) is 1.33. The fourth-order valence-corrected chi connectivity index (χ4v) is 4.98. The highest BCUT2D eigenvalue weighted by atomic mass is 32.2. The molecule has 0 aliphatic carbocycles. The summed E-state index contributed by atoms with van der Waals surface area (Å²) in [7, 11) is -2.36. The lowest BCUT2D eigenvalue weighted by molar-refractivity contribution is -0.384. The van der Waals surface area contributed by atoms with Crippen molar-refractivity contribution < 1.29 is 27.7 Å². The lowest BCUT2D eigenvalue weighted by Crippen LogP contribution is -2.43. The van der Waals surface area contributed by atoms with Gasteiger partial charge in [-0.2, -0.15) is 4.99 Å². The van der Waals surface area contributed by atoms with Crippen LogP contribution >= 0.6 is 11.3 Å². The first kappa shape index (κ1) is 21.1. The van der Waals surface area contributed by atoms with Crippen molar-refractivity contribution in [3.8, 4) is 0 Å². The summed E-state index contributed by atoms with van der Waals surface area (Å²) in [4.78, 5) is 40.1. The van der Waals surface area contributed by atoms with Gasteiger partial charge in [0.2, 0.25) is 5.91 Å². The molecule has 0 bridgehead atoms. The minimum atomic E-state index is -3.98. The fourth-order valence-electron chi connectivity index (χ4n) is 2.81. The molecule has 0 unspecified atom stereocenters. The summed E-state index contributed by atoms with van der Waals surface area (Å²) in [5.74, 6) is -3.13. The molecule has 29 heavy (non-hydrogen) atoms. The average molecular weight is 442 g/mol. The number of carbonyl (C=O) groups is 2. The number of amides is 2. The minimum absolute atomic E-state index is 0.0959. The number of hydrogen-bond donors (Lipinski definition) is 0. The van der Waals surface area contributed by atoms with E-state index in [4.69, 9.17) is 4.74 Å². The van der Waals surface area contributed by atoms with Gasteiger partial charge in [-0.25, -0.2) is 8.42 Å². The van der Waals surface area contributed by atoms with Crippen LogP contribution in [0.25, 0.3) is 10.2 Å². The molecule has 0 saturated carbocycles. The smallest absolute Gasteiger partial charge is 0.270 e. The van der Waals surface area contributed by atoms with Crippen LogP contribution in [0.4, 0.5) is 5.69 Å². The second-order valence-corrected chi connectivity index (χ2v) is 9.46. The number of nitrogens with zero attached hydrogens (tertiary/aromatic N) is 4. The zero-order valence-corrected chi connectivity index (χ0v) is 17.1. The number of rotatable bonds is 5. The van der Waals surface area contributed by atoms with Crippen molar-refractivity contribution in [2.75, 3.05) is 37.8 Å². The summed E-state index contributed by atoms with van der Waals surface area (Å²) >= 11 is 1.03. The topological polar surface area (TPSA) is 141 Å². The van der Waals surface area contributed by atoms with E-state index in [-0.39, 0.29) is 10.5 Å². The molecule has 1 saturated heterocycles. The average Bonchev–Trinajstić information content (AvgIpc) is 2.96. The van der Waals surface area contributed by atoms with Crippen molar-refractivity contribution in [1.82, 2.24) is 9.47 Å². The zero-order valence-electron chi connectivity index (χ0n) is 15.4. The molecule has 3 rings (SSSR count). The third-order valence-corrected chi connectivity index (χ3v) is 6.74. The van der Waals surface area contributed by atoms with Gasteiger partial charge in [-0.1, -0.05) is 11.3 Å². The van der Waals surface area contributed by atoms with E-state index < -0.39 is 38.1 Å². The molecule has 0 radical (unpaired) electrons. The SMILES string of the molecule is Cn1c(=NC(=O)CS(=O)(=O)CC(=O)N2CCOCC2)sc2cc([N+](=O)[O-])ccc21. The van der Waals surface area contributed by atoms with Crippen molar-refractivity contribution in [2.24, 2.45) is 12.0 Å². The normalized spacial score (nSPS) is 15.6. The van der Waals surface area contributed by atoms with Crippen LogP contribution < -0.4 is 4.80 Å². The van der Waals surface area contributed by atoms with E-state index in [0.29, 0.717) is 36.5 Å². The van der Waals surface area contributed by atoms with Crippen LogP contribution in [0, 0.1) is 10.1 Å². The van der Waals surface area contributed by atoms with Gasteiger partial charge in [0.1, 0.15) is 11.5 Å². The first-order chi connectivity index (χ1) is 13.7. The van der Waals surface area contributed by atoms with Crippen LogP contribution in [-0.4, -0.2) is 72.4 Å². The van der Waals surface area contributed by atoms with Crippen molar-refractivity contribution in [1.29, 1.82) is 0 Å². The number of nitro groups is 1. The van der Waals surface area contributed by atoms with Gasteiger partial charge in [0.05, 0.1) is 28.4 Å². The Kier molecular flexibility index (Phi) is 6.10. The van der Waals surface area contributed by atoms with Gasteiger partial charge in [-0.05, 0) is 6.07 Å². The molecule has 2 aromatic rings. The van der Waals surface area contributed by atoms with Gasteiger partial charge in [-0.3, -0.25) is 19.7 Å². The first-order valence-corrected chi connectivity index (χ1v) is 11.2. The summed E-state index contributed by atoms with van der Waals surface area (Å²) in [5, 5.41) is 10.9. The number of non-ortho nitro benzene ring substituents is 1. The number of ether oxygens (including phenoxy) is 1. The number of hydrogen-bond acceptors (Lipinski definition) is 8. The molecule has 1 aromatic carbocycles. The number of fused-ring (bicyclic) bond motifs is 1. The number of nitro benzene ring substituents is 1. The molecule has 1 aliphatic rings. The van der Waals surface area contributed by atoms with E-state index >= 15 is 0 Å². The molecule has 0 atom stereocenters. The molecule has 1 aliphatic heterocycles. The summed E-state index contributed by atoms with van der Waals surface area (Å²) < 4.78 is 31.7. The van der Waals surface area contributed by atoms with Crippen molar-refractivity contribution >= 4 is 48.9 Å². The van der Waals surface area contributed by atoms with Crippen molar-refractivity contribution in [2.45, 2.75) is 0 Å². The first-order valence-electron chi connectivity index (χ1n) is 8.54. The monoisotopic (exact) mass is 442 g/mol. The molecule has 13 heteroatoms. The molecule has 11 nitrogen and oxygen atoms in total. The highest BCUT2D eigenvalue weighted by molar-refractivity contribution is 7.92. The second-order valence-electron chi connectivity index (χ2n) is 6.38. The highest BCUT2D eigenvalue weighted by Gasteiger charge is 2.25. The summed E-state index contributed by atoms with van der Waals surface area (Å²) in [6.07, 6.45) is 0. The second kappa shape index (κ2) is 8.39. The van der Waals surface area contributed by atoms with Crippen LogP contribution in [0.15, 0.2) is 23.2 Å². The van der Waals surface area contributed by atoms with Crippen molar-refractivity contribution in [3.63, 3.8) is 0 Å². The number of sulfone groups is 1. The Hall–Kier alpha value is -2.64. The van der Waals surface area contributed by atoms with Gasteiger partial charge < -0.3 is 14.2 Å². The zero-order chi connectivity index (χ0) is 21.2. The fraction of sp³-hybridized carbons (Fsp3) is 0.438. The predicted octanol–water partition coefficient (Wildman–Crippen LogP) is -0.151. The van der Waals surface area contributed by atoms with E-state index in [9.17, 15) is 28.1 Å². The number of thiazole rings is 1. The van der Waals surface area contributed by atoms with Gasteiger partial charge in [0.25, 0.3) is 11.6 Å². The standard InChI is InChI=1S/C16H18N4O7S2/c1-18-12-3-2-11(20(23)24)8-13(12)28-16(18)17-14(21)9-29(25,26)10-15(22)19-4-6-27-7-5-19/h2-3,8H,4-7,9-10H2,1H3. The molecular formula is C16H18N4O7S2. The van der Waals surface area contributed by atoms with Crippen LogP contribution in [0.5, 0.6) is 0 Å². The molecule has 156 valence electrons. The van der Waals surface area contributed by atoms with Gasteiger partial charge >= 0.3 is 0 Å². The Labute approximate surface area is 169 Å². The highest BCUT2D eigenvalue weighted by Crippen LogP contribution is 2.22. The predicted molar refractivity (Wildman–Crippen MR) is 104 cm³/mol. The van der Waals surface area contributed by atoms with Crippen LogP contribution in [0.3, 0.4) is 0 Å². The largest absolute Gasteiger partial charge is 0.378 e. The van der Waals surface area contributed by atoms with Gasteiger partial charge in [0.15, 0.2) is 14.6 Å². The maximum Gasteiger partial charge on any atom is 0.270 e. The Morgan fingerprint density at radius 2 is 1.97 bits per heavy atom. The Bertz CT molecular complexity index is 1140. The van der Waals surface area contributed by atoms with Crippen LogP contribution in [0.1, 0.15) is 0 Å². The molecule has 2 heterocycles. The Morgan fingerprint density at radius 1 is 1.28 bits per heavy atom. The number of carbonyl (C=O) groups excluding carboxylic acids is 2. The number of aryl methyl sites for hydroxylation is 1. The van der Waals surface area contributed by atoms with Crippen LogP contribution in [0.2, 0.25) is 0 Å². The lowest BCUT2D eigenvalue weighted by atomic mass is 10.3. The molecule has 0 N–H and O–H groups in total. The minimum Gasteiger partial charge on any atom is -0.378 e.